The number of anilines is 2. The van der Waals surface area contributed by atoms with E-state index in [4.69, 9.17) is 0 Å². The smallest absolute Gasteiger partial charge is 0.243 e. The van der Waals surface area contributed by atoms with Crippen molar-refractivity contribution in [2.24, 2.45) is 0 Å². The molecule has 2 aromatic heterocycles. The summed E-state index contributed by atoms with van der Waals surface area (Å²) in [6.45, 7) is 2.95. The molecule has 1 fully saturated rings. The largest absolute Gasteiger partial charge is 0.338 e. The lowest BCUT2D eigenvalue weighted by Gasteiger charge is -2.34. The molecule has 0 radical (unpaired) electrons. The molecule has 0 bridgehead atoms. The number of hydrogen-bond acceptors (Lipinski definition) is 8. The highest BCUT2D eigenvalue weighted by molar-refractivity contribution is 7.89. The maximum Gasteiger partial charge on any atom is 0.243 e. The van der Waals surface area contributed by atoms with Gasteiger partial charge in [-0.05, 0) is 24.3 Å². The van der Waals surface area contributed by atoms with Crippen LogP contribution in [0.2, 0.25) is 0 Å². The van der Waals surface area contributed by atoms with E-state index in [0.717, 1.165) is 0 Å². The van der Waals surface area contributed by atoms with E-state index in [1.165, 1.54) is 34.4 Å². The Morgan fingerprint density at radius 1 is 1.07 bits per heavy atom. The van der Waals surface area contributed by atoms with Crippen LogP contribution in [0.4, 0.5) is 11.6 Å². The quantitative estimate of drug-likeness (QED) is 0.624. The summed E-state index contributed by atoms with van der Waals surface area (Å²) in [4.78, 5) is 25.9. The third-order valence-corrected chi connectivity index (χ3v) is 6.53. The van der Waals surface area contributed by atoms with Gasteiger partial charge < -0.3 is 10.2 Å². The highest BCUT2D eigenvalue weighted by Gasteiger charge is 2.29. The summed E-state index contributed by atoms with van der Waals surface area (Å²) >= 11 is 0. The predicted octanol–water partition coefficient (Wildman–Crippen LogP) is 0.527. The Balaban J connectivity index is 1.44. The summed E-state index contributed by atoms with van der Waals surface area (Å²) in [5, 5.41) is 6.68. The summed E-state index contributed by atoms with van der Waals surface area (Å²) in [5.74, 6) is 0.892. The molecule has 0 aliphatic carbocycles. The molecule has 4 rings (SSSR count). The van der Waals surface area contributed by atoms with E-state index in [0.29, 0.717) is 43.6 Å². The van der Waals surface area contributed by atoms with E-state index in [-0.39, 0.29) is 10.8 Å². The highest BCUT2D eigenvalue weighted by atomic mass is 32.2. The summed E-state index contributed by atoms with van der Waals surface area (Å²) in [5.41, 5.74) is 0.552. The van der Waals surface area contributed by atoms with Crippen LogP contribution >= 0.6 is 0 Å². The van der Waals surface area contributed by atoms with Gasteiger partial charge in [-0.2, -0.15) is 14.4 Å². The second-order valence-electron chi connectivity index (χ2n) is 6.65. The molecule has 0 atom stereocenters. The molecular formula is C18H20N8O3S. The first-order chi connectivity index (χ1) is 14.4. The minimum atomic E-state index is -3.63. The molecule has 1 amide bonds. The third kappa shape index (κ3) is 4.14. The zero-order valence-corrected chi connectivity index (χ0v) is 17.0. The second kappa shape index (κ2) is 8.16. The lowest BCUT2D eigenvalue weighted by atomic mass is 10.3. The van der Waals surface area contributed by atoms with Crippen LogP contribution in [0.5, 0.6) is 0 Å². The Hall–Kier alpha value is -3.38. The summed E-state index contributed by atoms with van der Waals surface area (Å²) in [6, 6.07) is 7.88. The van der Waals surface area contributed by atoms with Gasteiger partial charge in [0.25, 0.3) is 0 Å². The van der Waals surface area contributed by atoms with Gasteiger partial charge in [0.2, 0.25) is 21.9 Å². The molecule has 3 aromatic rings. The number of hydrogen-bond donors (Lipinski definition) is 1. The highest BCUT2D eigenvalue weighted by Crippen LogP contribution is 2.21. The van der Waals surface area contributed by atoms with Crippen LogP contribution in [0.3, 0.4) is 0 Å². The Morgan fingerprint density at radius 3 is 2.43 bits per heavy atom. The van der Waals surface area contributed by atoms with Crippen molar-refractivity contribution >= 4 is 27.6 Å². The Kier molecular flexibility index (Phi) is 5.42. The Bertz CT molecular complexity index is 1120. The fraction of sp³-hybridized carbons (Fsp3) is 0.278. The van der Waals surface area contributed by atoms with Gasteiger partial charge in [0.15, 0.2) is 5.82 Å². The van der Waals surface area contributed by atoms with Crippen LogP contribution in [-0.4, -0.2) is 69.5 Å². The summed E-state index contributed by atoms with van der Waals surface area (Å²) in [7, 11) is -3.63. The molecule has 1 saturated heterocycles. The van der Waals surface area contributed by atoms with E-state index < -0.39 is 10.0 Å². The fourth-order valence-electron chi connectivity index (χ4n) is 3.14. The molecule has 156 valence electrons. The van der Waals surface area contributed by atoms with Gasteiger partial charge in [-0.1, -0.05) is 0 Å². The number of nitrogens with one attached hydrogen (secondary N) is 1. The number of piperazine rings is 1. The first kappa shape index (κ1) is 19.9. The van der Waals surface area contributed by atoms with Crippen molar-refractivity contribution in [3.63, 3.8) is 0 Å². The standard InChI is InChI=1S/C18H20N8O3S/c1-14(27)22-15-2-4-16(5-3-15)30(28,29)25-10-8-24(9-11-25)18-20-7-6-17(23-18)26-13-19-12-21-26/h2-7,12-13H,8-11H2,1H3,(H,22,27). The van der Waals surface area contributed by atoms with Crippen molar-refractivity contribution in [3.8, 4) is 5.82 Å². The summed E-state index contributed by atoms with van der Waals surface area (Å²) in [6.07, 6.45) is 4.61. The molecule has 0 saturated carbocycles. The number of rotatable bonds is 5. The summed E-state index contributed by atoms with van der Waals surface area (Å²) < 4.78 is 28.9. The van der Waals surface area contributed by atoms with Crippen LogP contribution in [0.1, 0.15) is 6.92 Å². The molecule has 11 nitrogen and oxygen atoms in total. The average Bonchev–Trinajstić information content (AvgIpc) is 3.29. The molecule has 1 aliphatic rings. The number of benzene rings is 1. The van der Waals surface area contributed by atoms with E-state index >= 15 is 0 Å². The zero-order chi connectivity index (χ0) is 21.1. The lowest BCUT2D eigenvalue weighted by Crippen LogP contribution is -2.49. The van der Waals surface area contributed by atoms with Gasteiger partial charge in [-0.25, -0.2) is 23.1 Å². The number of carbonyl (C=O) groups excluding carboxylic acids is 1. The monoisotopic (exact) mass is 428 g/mol. The Morgan fingerprint density at radius 2 is 1.80 bits per heavy atom. The predicted molar refractivity (Wildman–Crippen MR) is 109 cm³/mol. The van der Waals surface area contributed by atoms with E-state index in [1.807, 2.05) is 4.90 Å². The van der Waals surface area contributed by atoms with Crippen LogP contribution in [0.15, 0.2) is 54.1 Å². The second-order valence-corrected chi connectivity index (χ2v) is 8.59. The van der Waals surface area contributed by atoms with Crippen LogP contribution < -0.4 is 10.2 Å². The first-order valence-electron chi connectivity index (χ1n) is 9.24. The molecule has 1 aromatic carbocycles. The van der Waals surface area contributed by atoms with Crippen molar-refractivity contribution in [2.75, 3.05) is 36.4 Å². The van der Waals surface area contributed by atoms with Gasteiger partial charge in [-0.3, -0.25) is 4.79 Å². The average molecular weight is 428 g/mol. The van der Waals surface area contributed by atoms with Gasteiger partial charge in [0.05, 0.1) is 4.90 Å². The lowest BCUT2D eigenvalue weighted by molar-refractivity contribution is -0.114. The number of carbonyl (C=O) groups is 1. The van der Waals surface area contributed by atoms with E-state index in [9.17, 15) is 13.2 Å². The molecular weight excluding hydrogens is 408 g/mol. The van der Waals surface area contributed by atoms with Crippen molar-refractivity contribution in [1.82, 2.24) is 29.0 Å². The topological polar surface area (TPSA) is 126 Å². The number of aromatic nitrogens is 5. The van der Waals surface area contributed by atoms with Crippen molar-refractivity contribution < 1.29 is 13.2 Å². The molecule has 0 spiro atoms. The number of amides is 1. The molecule has 1 aliphatic heterocycles. The SMILES string of the molecule is CC(=O)Nc1ccc(S(=O)(=O)N2CCN(c3nccc(-n4cncn4)n3)CC2)cc1. The normalized spacial score (nSPS) is 15.2. The minimum Gasteiger partial charge on any atom is -0.338 e. The molecule has 1 N–H and O–H groups in total. The third-order valence-electron chi connectivity index (χ3n) is 4.62. The molecule has 0 unspecified atom stereocenters. The minimum absolute atomic E-state index is 0.189. The first-order valence-corrected chi connectivity index (χ1v) is 10.7. The van der Waals surface area contributed by atoms with Crippen molar-refractivity contribution in [3.05, 3.63) is 49.2 Å². The van der Waals surface area contributed by atoms with Crippen LogP contribution in [0, 0.1) is 0 Å². The van der Waals surface area contributed by atoms with Gasteiger partial charge in [0, 0.05) is 51.1 Å². The number of sulfonamides is 1. The van der Waals surface area contributed by atoms with E-state index in [1.54, 1.807) is 30.7 Å². The van der Waals surface area contributed by atoms with E-state index in [2.05, 4.69) is 25.4 Å². The van der Waals surface area contributed by atoms with Crippen molar-refractivity contribution in [2.45, 2.75) is 11.8 Å². The van der Waals surface area contributed by atoms with Crippen LogP contribution in [-0.2, 0) is 14.8 Å². The van der Waals surface area contributed by atoms with Crippen LogP contribution in [0.25, 0.3) is 5.82 Å². The van der Waals surface area contributed by atoms with Gasteiger partial charge >= 0.3 is 0 Å². The molecule has 12 heteroatoms. The maximum absolute atomic E-state index is 12.9. The molecule has 30 heavy (non-hydrogen) atoms. The molecule has 3 heterocycles. The van der Waals surface area contributed by atoms with Gasteiger partial charge in [-0.15, -0.1) is 0 Å². The van der Waals surface area contributed by atoms with Gasteiger partial charge in [0.1, 0.15) is 12.7 Å². The van der Waals surface area contributed by atoms with Crippen molar-refractivity contribution in [1.29, 1.82) is 0 Å². The fourth-order valence-corrected chi connectivity index (χ4v) is 4.56. The zero-order valence-electron chi connectivity index (χ0n) is 16.2. The Labute approximate surface area is 173 Å². The maximum atomic E-state index is 12.9. The number of nitrogens with zero attached hydrogens (tertiary/aromatic N) is 7.